The zero-order chi connectivity index (χ0) is 29.4. The number of nitrogens with zero attached hydrogens (tertiary/aromatic N) is 2. The number of fused-ring (bicyclic) bond motifs is 2. The van der Waals surface area contributed by atoms with E-state index in [2.05, 4.69) is 15.9 Å². The largest absolute Gasteiger partial charge is 0.497 e. The molecule has 9 heteroatoms. The average Bonchev–Trinajstić information content (AvgIpc) is 3.28. The number of carbonyl (C=O) groups is 4. The second-order valence-corrected chi connectivity index (χ2v) is 11.1. The first-order chi connectivity index (χ1) is 20.3. The van der Waals surface area contributed by atoms with Crippen molar-refractivity contribution in [2.75, 3.05) is 18.6 Å². The number of imide groups is 1. The van der Waals surface area contributed by atoms with E-state index in [9.17, 15) is 19.2 Å². The minimum Gasteiger partial charge on any atom is -0.497 e. The van der Waals surface area contributed by atoms with Gasteiger partial charge in [0.1, 0.15) is 5.75 Å². The zero-order valence-corrected chi connectivity index (χ0v) is 24.2. The second-order valence-electron chi connectivity index (χ2n) is 10.2. The molecule has 4 aromatic rings. The first-order valence-electron chi connectivity index (χ1n) is 13.4. The smallest absolute Gasteiger partial charge is 0.339 e. The van der Waals surface area contributed by atoms with Gasteiger partial charge < -0.3 is 9.47 Å². The molecule has 2 aliphatic rings. The molecule has 2 atom stereocenters. The summed E-state index contributed by atoms with van der Waals surface area (Å²) < 4.78 is 11.4. The number of hydrogen-bond donors (Lipinski definition) is 0. The van der Waals surface area contributed by atoms with Crippen molar-refractivity contribution in [3.8, 4) is 17.0 Å². The van der Waals surface area contributed by atoms with Crippen molar-refractivity contribution in [3.05, 3.63) is 101 Å². The van der Waals surface area contributed by atoms with Crippen LogP contribution in [0.2, 0.25) is 0 Å². The molecule has 3 aromatic carbocycles. The van der Waals surface area contributed by atoms with E-state index in [1.165, 1.54) is 12.0 Å². The lowest BCUT2D eigenvalue weighted by Crippen LogP contribution is -2.30. The lowest BCUT2D eigenvalue weighted by molar-refractivity contribution is -0.122. The third-order valence-electron chi connectivity index (χ3n) is 7.65. The lowest BCUT2D eigenvalue weighted by Gasteiger charge is -2.15. The molecule has 1 aliphatic heterocycles. The molecule has 8 nitrogen and oxygen atoms in total. The molecule has 0 saturated carbocycles. The number of ether oxygens (including phenoxy) is 2. The fourth-order valence-corrected chi connectivity index (χ4v) is 5.80. The number of hydrogen-bond acceptors (Lipinski definition) is 7. The van der Waals surface area contributed by atoms with Gasteiger partial charge in [0.2, 0.25) is 11.8 Å². The van der Waals surface area contributed by atoms with Gasteiger partial charge in [0.25, 0.3) is 0 Å². The van der Waals surface area contributed by atoms with Crippen LogP contribution in [0.5, 0.6) is 5.75 Å². The molecule has 0 bridgehead atoms. The summed E-state index contributed by atoms with van der Waals surface area (Å²) in [5, 5.41) is 0.563. The van der Waals surface area contributed by atoms with E-state index in [-0.39, 0.29) is 35.0 Å². The van der Waals surface area contributed by atoms with Crippen LogP contribution in [-0.2, 0) is 14.3 Å². The number of anilines is 1. The van der Waals surface area contributed by atoms with Crippen molar-refractivity contribution in [3.63, 3.8) is 0 Å². The Labute approximate surface area is 250 Å². The normalized spacial score (nSPS) is 17.8. The third kappa shape index (κ3) is 5.12. The minimum atomic E-state index is -0.668. The number of Topliss-reactive ketones (excluding diaryl/α,β-unsaturated/α-hetero) is 1. The topological polar surface area (TPSA) is 103 Å². The van der Waals surface area contributed by atoms with Crippen LogP contribution >= 0.6 is 15.9 Å². The van der Waals surface area contributed by atoms with E-state index in [4.69, 9.17) is 14.5 Å². The highest BCUT2D eigenvalue weighted by molar-refractivity contribution is 9.10. The third-order valence-corrected chi connectivity index (χ3v) is 8.14. The number of benzene rings is 3. The summed E-state index contributed by atoms with van der Waals surface area (Å²) in [6.45, 7) is -0.441. The predicted molar refractivity (Wildman–Crippen MR) is 160 cm³/mol. The molecule has 42 heavy (non-hydrogen) atoms. The van der Waals surface area contributed by atoms with Crippen LogP contribution in [0.4, 0.5) is 5.69 Å². The van der Waals surface area contributed by atoms with Gasteiger partial charge in [-0.2, -0.15) is 0 Å². The maximum Gasteiger partial charge on any atom is 0.339 e. The number of methoxy groups -OCH3 is 1. The highest BCUT2D eigenvalue weighted by atomic mass is 79.9. The van der Waals surface area contributed by atoms with Gasteiger partial charge in [-0.15, -0.1) is 0 Å². The molecular formula is C33H25BrN2O6. The molecule has 210 valence electrons. The highest BCUT2D eigenvalue weighted by Gasteiger charge is 2.47. The Hall–Kier alpha value is -4.63. The van der Waals surface area contributed by atoms with Crippen molar-refractivity contribution in [2.45, 2.75) is 12.8 Å². The summed E-state index contributed by atoms with van der Waals surface area (Å²) in [6.07, 6.45) is 5.07. The number of carbonyl (C=O) groups excluding carboxylic acids is 4. The van der Waals surface area contributed by atoms with Gasteiger partial charge in [0.05, 0.1) is 41.4 Å². The average molecular weight is 625 g/mol. The number of amides is 2. The minimum absolute atomic E-state index is 0.176. The Morgan fingerprint density at radius 2 is 1.64 bits per heavy atom. The monoisotopic (exact) mass is 624 g/mol. The first-order valence-corrected chi connectivity index (χ1v) is 14.2. The van der Waals surface area contributed by atoms with Gasteiger partial charge in [-0.3, -0.25) is 19.3 Å². The molecule has 6 rings (SSSR count). The summed E-state index contributed by atoms with van der Waals surface area (Å²) in [4.78, 5) is 58.1. The van der Waals surface area contributed by atoms with E-state index < -0.39 is 12.6 Å². The van der Waals surface area contributed by atoms with Crippen LogP contribution in [0.25, 0.3) is 22.2 Å². The molecule has 0 N–H and O–H groups in total. The van der Waals surface area contributed by atoms with Crippen molar-refractivity contribution < 1.29 is 28.7 Å². The quantitative estimate of drug-likeness (QED) is 0.105. The van der Waals surface area contributed by atoms with Crippen molar-refractivity contribution in [1.29, 1.82) is 0 Å². The maximum atomic E-state index is 13.3. The molecule has 1 saturated heterocycles. The number of allylic oxidation sites excluding steroid dienone is 2. The Morgan fingerprint density at radius 3 is 2.33 bits per heavy atom. The van der Waals surface area contributed by atoms with Crippen LogP contribution in [0.1, 0.15) is 33.6 Å². The van der Waals surface area contributed by atoms with Crippen molar-refractivity contribution >= 4 is 56.1 Å². The molecule has 0 radical (unpaired) electrons. The van der Waals surface area contributed by atoms with Crippen LogP contribution < -0.4 is 9.64 Å². The lowest BCUT2D eigenvalue weighted by atomic mass is 9.85. The SMILES string of the molecule is COc1cccc(C(=O)COC(=O)c2cc(-c3ccc(N4C(=O)C5CC=CCC5C4=O)cc3)nc3ccc(Br)cc23)c1. The number of esters is 1. The Balaban J connectivity index is 1.27. The van der Waals surface area contributed by atoms with Gasteiger partial charge in [-0.25, -0.2) is 9.78 Å². The maximum absolute atomic E-state index is 13.3. The van der Waals surface area contributed by atoms with Gasteiger partial charge in [0, 0.05) is 21.0 Å². The highest BCUT2D eigenvalue weighted by Crippen LogP contribution is 2.38. The Bertz CT molecular complexity index is 1760. The van der Waals surface area contributed by atoms with Crippen molar-refractivity contribution in [1.82, 2.24) is 4.98 Å². The fraction of sp³-hybridized carbons (Fsp3) is 0.182. The molecule has 1 aliphatic carbocycles. The zero-order valence-electron chi connectivity index (χ0n) is 22.6. The van der Waals surface area contributed by atoms with Gasteiger partial charge >= 0.3 is 5.97 Å². The molecule has 2 unspecified atom stereocenters. The summed E-state index contributed by atoms with van der Waals surface area (Å²) >= 11 is 3.45. The van der Waals surface area contributed by atoms with Crippen LogP contribution in [0.3, 0.4) is 0 Å². The van der Waals surface area contributed by atoms with E-state index in [0.29, 0.717) is 52.0 Å². The number of pyridine rings is 1. The summed E-state index contributed by atoms with van der Waals surface area (Å²) in [7, 11) is 1.51. The first kappa shape index (κ1) is 27.5. The van der Waals surface area contributed by atoms with E-state index >= 15 is 0 Å². The standard InChI is InChI=1S/C33H25BrN2O6/c1-41-23-6-4-5-20(15-23)30(37)18-42-33(40)27-17-29(35-28-14-11-21(34)16-26(27)28)19-9-12-22(13-10-19)36-31(38)24-7-2-3-8-25(24)32(36)39/h2-6,9-17,24-25H,7-8,18H2,1H3. The molecule has 2 heterocycles. The van der Waals surface area contributed by atoms with Crippen LogP contribution in [0.15, 0.2) is 89.4 Å². The number of ketones is 1. The molecule has 1 fully saturated rings. The summed E-state index contributed by atoms with van der Waals surface area (Å²) in [6, 6.07) is 20.6. The summed E-state index contributed by atoms with van der Waals surface area (Å²) in [5.74, 6) is -1.48. The fourth-order valence-electron chi connectivity index (χ4n) is 5.44. The Kier molecular flexibility index (Phi) is 7.43. The number of aromatic nitrogens is 1. The predicted octanol–water partition coefficient (Wildman–Crippen LogP) is 6.17. The summed E-state index contributed by atoms with van der Waals surface area (Å²) in [5.41, 5.74) is 2.87. The van der Waals surface area contributed by atoms with Crippen molar-refractivity contribution in [2.24, 2.45) is 11.8 Å². The van der Waals surface area contributed by atoms with Gasteiger partial charge in [-0.1, -0.05) is 52.3 Å². The molecule has 0 spiro atoms. The second kappa shape index (κ2) is 11.3. The molecular weight excluding hydrogens is 600 g/mol. The van der Waals surface area contributed by atoms with Gasteiger partial charge in [0.15, 0.2) is 12.4 Å². The number of rotatable bonds is 7. The van der Waals surface area contributed by atoms with E-state index in [1.54, 1.807) is 66.7 Å². The Morgan fingerprint density at radius 1 is 0.929 bits per heavy atom. The van der Waals surface area contributed by atoms with E-state index in [0.717, 1.165) is 4.47 Å². The molecule has 1 aromatic heterocycles. The molecule has 2 amide bonds. The van der Waals surface area contributed by atoms with Crippen LogP contribution in [-0.4, -0.2) is 42.3 Å². The van der Waals surface area contributed by atoms with E-state index in [1.807, 2.05) is 18.2 Å². The number of halogens is 1. The van der Waals surface area contributed by atoms with Crippen LogP contribution in [0, 0.1) is 11.8 Å². The van der Waals surface area contributed by atoms with Gasteiger partial charge in [-0.05, 0) is 61.4 Å².